The molecule has 0 radical (unpaired) electrons. The minimum atomic E-state index is -0.712. The Hall–Kier alpha value is -2.26. The van der Waals surface area contributed by atoms with Crippen LogP contribution in [0.3, 0.4) is 0 Å². The van der Waals surface area contributed by atoms with Crippen molar-refractivity contribution in [2.24, 2.45) is 0 Å². The number of nitrogens with zero attached hydrogens (tertiary/aromatic N) is 2. The van der Waals surface area contributed by atoms with Crippen molar-refractivity contribution in [2.75, 3.05) is 62.0 Å². The number of anilines is 2. The van der Waals surface area contributed by atoms with Gasteiger partial charge in [0.2, 0.25) is 0 Å². The fraction of sp³-hybridized carbons (Fsp3) is 0.444. The van der Waals surface area contributed by atoms with Gasteiger partial charge in [0, 0.05) is 30.3 Å². The van der Waals surface area contributed by atoms with E-state index in [0.717, 1.165) is 24.6 Å². The third-order valence-electron chi connectivity index (χ3n) is 4.43. The average Bonchev–Trinajstić information content (AvgIpc) is 2.72. The maximum Gasteiger partial charge on any atom is 0.355 e. The highest BCUT2D eigenvalue weighted by Gasteiger charge is 2.32. The fourth-order valence-corrected chi connectivity index (χ4v) is 3.97. The molecule has 27 heavy (non-hydrogen) atoms. The summed E-state index contributed by atoms with van der Waals surface area (Å²) in [6.07, 6.45) is 0. The Balaban J connectivity index is 1.97. The van der Waals surface area contributed by atoms with E-state index in [4.69, 9.17) is 14.2 Å². The predicted octanol–water partition coefficient (Wildman–Crippen LogP) is 1.77. The SMILES string of the molecule is COC(=O)C1=C(C(=O)OC)N(c2ccc(N3CCSCC3)c(F)c2)COC1. The first-order valence-corrected chi connectivity index (χ1v) is 9.59. The quantitative estimate of drug-likeness (QED) is 0.714. The molecule has 7 nitrogen and oxygen atoms in total. The Morgan fingerprint density at radius 3 is 2.48 bits per heavy atom. The van der Waals surface area contributed by atoms with Gasteiger partial charge in [0.15, 0.2) is 0 Å². The molecule has 1 aromatic rings. The van der Waals surface area contributed by atoms with E-state index >= 15 is 0 Å². The lowest BCUT2D eigenvalue weighted by molar-refractivity contribution is -0.140. The van der Waals surface area contributed by atoms with Crippen LogP contribution in [0.4, 0.5) is 15.8 Å². The minimum absolute atomic E-state index is 0.00266. The summed E-state index contributed by atoms with van der Waals surface area (Å²) in [7, 11) is 2.43. The van der Waals surface area contributed by atoms with E-state index in [1.165, 1.54) is 25.2 Å². The van der Waals surface area contributed by atoms with E-state index in [9.17, 15) is 14.0 Å². The Labute approximate surface area is 161 Å². The minimum Gasteiger partial charge on any atom is -0.466 e. The first kappa shape index (κ1) is 19.5. The molecule has 2 aliphatic rings. The van der Waals surface area contributed by atoms with Crippen molar-refractivity contribution >= 4 is 35.1 Å². The van der Waals surface area contributed by atoms with E-state index in [2.05, 4.69) is 0 Å². The van der Waals surface area contributed by atoms with Gasteiger partial charge in [0.05, 0.1) is 32.1 Å². The van der Waals surface area contributed by atoms with Crippen LogP contribution in [0.1, 0.15) is 0 Å². The van der Waals surface area contributed by atoms with Crippen LogP contribution < -0.4 is 9.80 Å². The van der Waals surface area contributed by atoms with Gasteiger partial charge in [-0.3, -0.25) is 0 Å². The molecule has 0 aliphatic carbocycles. The second kappa shape index (κ2) is 8.62. The van der Waals surface area contributed by atoms with Gasteiger partial charge >= 0.3 is 11.9 Å². The van der Waals surface area contributed by atoms with Crippen molar-refractivity contribution < 1.29 is 28.2 Å². The molecule has 0 bridgehead atoms. The Kier molecular flexibility index (Phi) is 6.22. The molecular weight excluding hydrogens is 375 g/mol. The molecule has 0 N–H and O–H groups in total. The molecule has 0 amide bonds. The van der Waals surface area contributed by atoms with Gasteiger partial charge in [0.25, 0.3) is 0 Å². The monoisotopic (exact) mass is 396 g/mol. The molecule has 2 heterocycles. The number of rotatable bonds is 4. The normalized spacial score (nSPS) is 17.7. The first-order valence-electron chi connectivity index (χ1n) is 8.44. The number of carbonyl (C=O) groups is 2. The summed E-state index contributed by atoms with van der Waals surface area (Å²) < 4.78 is 29.7. The lowest BCUT2D eigenvalue weighted by atomic mass is 10.1. The molecule has 1 aromatic carbocycles. The highest BCUT2D eigenvalue weighted by atomic mass is 32.2. The van der Waals surface area contributed by atoms with Gasteiger partial charge in [-0.2, -0.15) is 11.8 Å². The Morgan fingerprint density at radius 2 is 1.85 bits per heavy atom. The lowest BCUT2D eigenvalue weighted by Gasteiger charge is -2.32. The summed E-state index contributed by atoms with van der Waals surface area (Å²) in [5.74, 6) is 0.116. The van der Waals surface area contributed by atoms with Crippen LogP contribution in [-0.2, 0) is 23.8 Å². The number of hydrogen-bond donors (Lipinski definition) is 0. The van der Waals surface area contributed by atoms with E-state index < -0.39 is 17.8 Å². The van der Waals surface area contributed by atoms with Crippen molar-refractivity contribution in [1.82, 2.24) is 0 Å². The van der Waals surface area contributed by atoms with Crippen LogP contribution in [0.5, 0.6) is 0 Å². The molecule has 2 aliphatic heterocycles. The van der Waals surface area contributed by atoms with Crippen LogP contribution in [0.15, 0.2) is 29.5 Å². The molecule has 3 rings (SSSR count). The molecule has 0 spiro atoms. The van der Waals surface area contributed by atoms with Crippen molar-refractivity contribution in [3.05, 3.63) is 35.3 Å². The van der Waals surface area contributed by atoms with Crippen LogP contribution >= 0.6 is 11.8 Å². The highest BCUT2D eigenvalue weighted by Crippen LogP contribution is 2.31. The van der Waals surface area contributed by atoms with Crippen LogP contribution in [-0.4, -0.2) is 64.1 Å². The standard InChI is InChI=1S/C18H21FN2O5S/c1-24-17(22)13-10-26-11-21(16(13)18(23)25-2)12-3-4-15(14(19)9-12)20-5-7-27-8-6-20/h3-4,9H,5-8,10-11H2,1-2H3. The molecule has 1 saturated heterocycles. The second-order valence-electron chi connectivity index (χ2n) is 5.95. The van der Waals surface area contributed by atoms with Crippen LogP contribution in [0.2, 0.25) is 0 Å². The summed E-state index contributed by atoms with van der Waals surface area (Å²) in [5, 5.41) is 0. The first-order chi connectivity index (χ1) is 13.1. The predicted molar refractivity (Wildman–Crippen MR) is 100 cm³/mol. The fourth-order valence-electron chi connectivity index (χ4n) is 3.07. The number of esters is 2. The largest absolute Gasteiger partial charge is 0.466 e. The van der Waals surface area contributed by atoms with Crippen molar-refractivity contribution in [3.63, 3.8) is 0 Å². The Morgan fingerprint density at radius 1 is 1.15 bits per heavy atom. The number of carbonyl (C=O) groups excluding carboxylic acids is 2. The van der Waals surface area contributed by atoms with Gasteiger partial charge in [0.1, 0.15) is 18.2 Å². The molecular formula is C18H21FN2O5S. The maximum atomic E-state index is 14.8. The zero-order valence-corrected chi connectivity index (χ0v) is 16.0. The number of hydrogen-bond acceptors (Lipinski definition) is 8. The summed E-state index contributed by atoms with van der Waals surface area (Å²) in [4.78, 5) is 27.7. The third kappa shape index (κ3) is 4.03. The summed E-state index contributed by atoms with van der Waals surface area (Å²) in [6, 6.07) is 4.72. The lowest BCUT2D eigenvalue weighted by Crippen LogP contribution is -2.39. The Bertz CT molecular complexity index is 764. The van der Waals surface area contributed by atoms with Crippen molar-refractivity contribution in [3.8, 4) is 0 Å². The van der Waals surface area contributed by atoms with Gasteiger partial charge in [-0.25, -0.2) is 14.0 Å². The van der Waals surface area contributed by atoms with E-state index in [1.54, 1.807) is 12.1 Å². The summed E-state index contributed by atoms with van der Waals surface area (Å²) in [6.45, 7) is 1.48. The number of ether oxygens (including phenoxy) is 3. The van der Waals surface area contributed by atoms with E-state index in [-0.39, 0.29) is 24.6 Å². The van der Waals surface area contributed by atoms with Gasteiger partial charge in [-0.05, 0) is 18.2 Å². The summed E-state index contributed by atoms with van der Waals surface area (Å²) in [5.41, 5.74) is 0.947. The smallest absolute Gasteiger partial charge is 0.355 e. The van der Waals surface area contributed by atoms with Crippen molar-refractivity contribution in [2.45, 2.75) is 0 Å². The van der Waals surface area contributed by atoms with Gasteiger partial charge < -0.3 is 24.0 Å². The number of methoxy groups -OCH3 is 2. The zero-order valence-electron chi connectivity index (χ0n) is 15.2. The van der Waals surface area contributed by atoms with E-state index in [0.29, 0.717) is 11.4 Å². The number of halogens is 1. The highest BCUT2D eigenvalue weighted by molar-refractivity contribution is 7.99. The summed E-state index contributed by atoms with van der Waals surface area (Å²) >= 11 is 1.85. The molecule has 9 heteroatoms. The topological polar surface area (TPSA) is 68.3 Å². The molecule has 0 saturated carbocycles. The van der Waals surface area contributed by atoms with Gasteiger partial charge in [-0.1, -0.05) is 0 Å². The van der Waals surface area contributed by atoms with Crippen LogP contribution in [0.25, 0.3) is 0 Å². The van der Waals surface area contributed by atoms with Crippen molar-refractivity contribution in [1.29, 1.82) is 0 Å². The van der Waals surface area contributed by atoms with Crippen LogP contribution in [0, 0.1) is 5.82 Å². The number of benzene rings is 1. The van der Waals surface area contributed by atoms with Gasteiger partial charge in [-0.15, -0.1) is 0 Å². The average molecular weight is 396 g/mol. The second-order valence-corrected chi connectivity index (χ2v) is 7.18. The molecule has 0 unspecified atom stereocenters. The molecule has 0 atom stereocenters. The molecule has 1 fully saturated rings. The number of thioether (sulfide) groups is 1. The molecule has 146 valence electrons. The molecule has 0 aromatic heterocycles. The third-order valence-corrected chi connectivity index (χ3v) is 5.37. The van der Waals surface area contributed by atoms with E-state index in [1.807, 2.05) is 16.7 Å². The maximum absolute atomic E-state index is 14.8. The zero-order chi connectivity index (χ0) is 19.4.